The molecule has 0 aliphatic heterocycles. The molecule has 1 N–H and O–H groups in total. The van der Waals surface area contributed by atoms with E-state index in [1.165, 1.54) is 11.1 Å². The lowest BCUT2D eigenvalue weighted by Gasteiger charge is -2.06. The van der Waals surface area contributed by atoms with Gasteiger partial charge in [-0.05, 0) is 43.2 Å². The number of benzene rings is 2. The molecule has 0 saturated heterocycles. The summed E-state index contributed by atoms with van der Waals surface area (Å²) in [6.07, 6.45) is 1.20. The maximum atomic E-state index is 12.0. The second-order valence-corrected chi connectivity index (χ2v) is 5.96. The fourth-order valence-electron chi connectivity index (χ4n) is 2.31. The SMILES string of the molecule is Cc1cccc(CCNC(=O)CCC(=O)c2ccc(Cl)cc2)c1. The van der Waals surface area contributed by atoms with Gasteiger partial charge in [0.15, 0.2) is 5.78 Å². The monoisotopic (exact) mass is 329 g/mol. The average molecular weight is 330 g/mol. The van der Waals surface area contributed by atoms with Crippen LogP contribution in [0.3, 0.4) is 0 Å². The van der Waals surface area contributed by atoms with E-state index in [1.807, 2.05) is 25.1 Å². The summed E-state index contributed by atoms with van der Waals surface area (Å²) in [5.41, 5.74) is 2.99. The summed E-state index contributed by atoms with van der Waals surface area (Å²) in [5.74, 6) is -0.143. The number of aryl methyl sites for hydroxylation is 1. The molecule has 0 fully saturated rings. The molecule has 2 aromatic rings. The molecule has 0 heterocycles. The smallest absolute Gasteiger partial charge is 0.220 e. The second-order valence-electron chi connectivity index (χ2n) is 5.52. The normalized spacial score (nSPS) is 10.3. The van der Waals surface area contributed by atoms with Gasteiger partial charge in [0, 0.05) is 30.0 Å². The number of hydrogen-bond donors (Lipinski definition) is 1. The van der Waals surface area contributed by atoms with E-state index in [0.29, 0.717) is 17.1 Å². The van der Waals surface area contributed by atoms with Crippen LogP contribution in [0.4, 0.5) is 0 Å². The number of ketones is 1. The van der Waals surface area contributed by atoms with E-state index in [2.05, 4.69) is 11.4 Å². The molecule has 0 aromatic heterocycles. The average Bonchev–Trinajstić information content (AvgIpc) is 2.53. The maximum Gasteiger partial charge on any atom is 0.220 e. The van der Waals surface area contributed by atoms with Gasteiger partial charge in [-0.15, -0.1) is 0 Å². The first-order chi connectivity index (χ1) is 11.0. The van der Waals surface area contributed by atoms with Crippen LogP contribution < -0.4 is 5.32 Å². The highest BCUT2D eigenvalue weighted by Gasteiger charge is 2.09. The van der Waals surface area contributed by atoms with Crippen LogP contribution in [0.2, 0.25) is 5.02 Å². The van der Waals surface area contributed by atoms with E-state index in [-0.39, 0.29) is 24.5 Å². The molecule has 120 valence electrons. The molecule has 0 saturated carbocycles. The fourth-order valence-corrected chi connectivity index (χ4v) is 2.44. The molecular weight excluding hydrogens is 310 g/mol. The standard InChI is InChI=1S/C19H20ClNO2/c1-14-3-2-4-15(13-14)11-12-21-19(23)10-9-18(22)16-5-7-17(20)8-6-16/h2-8,13H,9-12H2,1H3,(H,21,23). The lowest BCUT2D eigenvalue weighted by Crippen LogP contribution is -2.26. The minimum absolute atomic E-state index is 0.0458. The van der Waals surface area contributed by atoms with Gasteiger partial charge in [0.05, 0.1) is 0 Å². The van der Waals surface area contributed by atoms with Gasteiger partial charge in [-0.25, -0.2) is 0 Å². The summed E-state index contributed by atoms with van der Waals surface area (Å²) >= 11 is 5.79. The summed E-state index contributed by atoms with van der Waals surface area (Å²) in [7, 11) is 0. The number of amides is 1. The number of carbonyl (C=O) groups excluding carboxylic acids is 2. The number of rotatable bonds is 7. The lowest BCUT2D eigenvalue weighted by molar-refractivity contribution is -0.121. The Labute approximate surface area is 141 Å². The van der Waals surface area contributed by atoms with Crippen LogP contribution in [0.25, 0.3) is 0 Å². The molecular formula is C19H20ClNO2. The molecule has 1 amide bonds. The van der Waals surface area contributed by atoms with Crippen LogP contribution in [0.5, 0.6) is 0 Å². The van der Waals surface area contributed by atoms with Crippen molar-refractivity contribution in [1.29, 1.82) is 0 Å². The van der Waals surface area contributed by atoms with Crippen molar-refractivity contribution in [3.63, 3.8) is 0 Å². The topological polar surface area (TPSA) is 46.2 Å². The van der Waals surface area contributed by atoms with E-state index in [9.17, 15) is 9.59 Å². The predicted octanol–water partition coefficient (Wildman–Crippen LogP) is 3.97. The van der Waals surface area contributed by atoms with Gasteiger partial charge in [0.25, 0.3) is 0 Å². The number of halogens is 1. The number of Topliss-reactive ketones (excluding diaryl/α,β-unsaturated/α-hetero) is 1. The third-order valence-electron chi connectivity index (χ3n) is 3.56. The first-order valence-electron chi connectivity index (χ1n) is 7.65. The molecule has 0 radical (unpaired) electrons. The van der Waals surface area contributed by atoms with Gasteiger partial charge in [-0.2, -0.15) is 0 Å². The van der Waals surface area contributed by atoms with Crippen molar-refractivity contribution in [3.8, 4) is 0 Å². The Kier molecular flexibility index (Phi) is 6.36. The molecule has 2 rings (SSSR count). The molecule has 3 nitrogen and oxygen atoms in total. The largest absolute Gasteiger partial charge is 0.356 e. The van der Waals surface area contributed by atoms with Gasteiger partial charge >= 0.3 is 0 Å². The highest BCUT2D eigenvalue weighted by molar-refractivity contribution is 6.30. The van der Waals surface area contributed by atoms with Gasteiger partial charge in [0.1, 0.15) is 0 Å². The van der Waals surface area contributed by atoms with Crippen LogP contribution >= 0.6 is 11.6 Å². The van der Waals surface area contributed by atoms with Gasteiger partial charge < -0.3 is 5.32 Å². The molecule has 2 aromatic carbocycles. The zero-order chi connectivity index (χ0) is 16.7. The molecule has 0 unspecified atom stereocenters. The highest BCUT2D eigenvalue weighted by atomic mass is 35.5. The Bertz CT molecular complexity index is 680. The second kappa shape index (κ2) is 8.49. The highest BCUT2D eigenvalue weighted by Crippen LogP contribution is 2.12. The van der Waals surface area contributed by atoms with Crippen molar-refractivity contribution in [2.45, 2.75) is 26.2 Å². The summed E-state index contributed by atoms with van der Waals surface area (Å²) in [6.45, 7) is 2.63. The summed E-state index contributed by atoms with van der Waals surface area (Å²) < 4.78 is 0. The summed E-state index contributed by atoms with van der Waals surface area (Å²) in [5, 5.41) is 3.45. The zero-order valence-corrected chi connectivity index (χ0v) is 13.9. The maximum absolute atomic E-state index is 12.0. The number of hydrogen-bond acceptors (Lipinski definition) is 2. The Hall–Kier alpha value is -2.13. The van der Waals surface area contributed by atoms with E-state index >= 15 is 0 Å². The minimum Gasteiger partial charge on any atom is -0.356 e. The molecule has 4 heteroatoms. The van der Waals surface area contributed by atoms with Crippen LogP contribution in [0.1, 0.15) is 34.3 Å². The Morgan fingerprint density at radius 3 is 2.48 bits per heavy atom. The van der Waals surface area contributed by atoms with Gasteiger partial charge in [0.2, 0.25) is 5.91 Å². The molecule has 0 atom stereocenters. The fraction of sp³-hybridized carbons (Fsp3) is 0.263. The van der Waals surface area contributed by atoms with Crippen LogP contribution in [-0.4, -0.2) is 18.2 Å². The van der Waals surface area contributed by atoms with Crippen molar-refractivity contribution in [3.05, 3.63) is 70.2 Å². The number of carbonyl (C=O) groups is 2. The van der Waals surface area contributed by atoms with Crippen LogP contribution in [0, 0.1) is 6.92 Å². The Balaban J connectivity index is 1.70. The third kappa shape index (κ3) is 5.87. The first-order valence-corrected chi connectivity index (χ1v) is 8.03. The van der Waals surface area contributed by atoms with Crippen molar-refractivity contribution in [2.24, 2.45) is 0 Å². The van der Waals surface area contributed by atoms with Crippen molar-refractivity contribution >= 4 is 23.3 Å². The van der Waals surface area contributed by atoms with E-state index in [1.54, 1.807) is 24.3 Å². The molecule has 23 heavy (non-hydrogen) atoms. The summed E-state index contributed by atoms with van der Waals surface area (Å²) in [4.78, 5) is 23.8. The van der Waals surface area contributed by atoms with Crippen molar-refractivity contribution in [2.75, 3.05) is 6.54 Å². The van der Waals surface area contributed by atoms with Gasteiger partial charge in [-0.3, -0.25) is 9.59 Å². The number of nitrogens with one attached hydrogen (secondary N) is 1. The Morgan fingerprint density at radius 1 is 1.04 bits per heavy atom. The van der Waals surface area contributed by atoms with Crippen LogP contribution in [-0.2, 0) is 11.2 Å². The molecule has 0 bridgehead atoms. The molecule has 0 aliphatic rings. The van der Waals surface area contributed by atoms with Crippen molar-refractivity contribution in [1.82, 2.24) is 5.32 Å². The van der Waals surface area contributed by atoms with E-state index < -0.39 is 0 Å². The Morgan fingerprint density at radius 2 is 1.78 bits per heavy atom. The molecule has 0 aliphatic carbocycles. The predicted molar refractivity (Wildman–Crippen MR) is 92.9 cm³/mol. The van der Waals surface area contributed by atoms with Crippen molar-refractivity contribution < 1.29 is 9.59 Å². The first kappa shape index (κ1) is 17.2. The van der Waals surface area contributed by atoms with Gasteiger partial charge in [-0.1, -0.05) is 41.4 Å². The van der Waals surface area contributed by atoms with Crippen LogP contribution in [0.15, 0.2) is 48.5 Å². The van der Waals surface area contributed by atoms with E-state index in [4.69, 9.17) is 11.6 Å². The third-order valence-corrected chi connectivity index (χ3v) is 3.82. The quantitative estimate of drug-likeness (QED) is 0.781. The van der Waals surface area contributed by atoms with E-state index in [0.717, 1.165) is 6.42 Å². The lowest BCUT2D eigenvalue weighted by atomic mass is 10.1. The minimum atomic E-state index is -0.0973. The summed E-state index contributed by atoms with van der Waals surface area (Å²) in [6, 6.07) is 14.9. The zero-order valence-electron chi connectivity index (χ0n) is 13.1. The molecule has 0 spiro atoms.